The van der Waals surface area contributed by atoms with Gasteiger partial charge in [0, 0.05) is 44.5 Å². The van der Waals surface area contributed by atoms with Gasteiger partial charge in [0.1, 0.15) is 5.82 Å². The maximum Gasteiger partial charge on any atom is 0.251 e. The van der Waals surface area contributed by atoms with E-state index in [9.17, 15) is 4.79 Å². The molecule has 0 amide bonds. The lowest BCUT2D eigenvalue weighted by molar-refractivity contribution is 0.249. The molecule has 1 aliphatic heterocycles. The summed E-state index contributed by atoms with van der Waals surface area (Å²) in [4.78, 5) is 28.5. The zero-order chi connectivity index (χ0) is 20.0. The molecule has 8 nitrogen and oxygen atoms in total. The van der Waals surface area contributed by atoms with Gasteiger partial charge in [0.05, 0.1) is 22.9 Å². The van der Waals surface area contributed by atoms with E-state index in [-0.39, 0.29) is 5.56 Å². The normalized spacial score (nSPS) is 15.4. The van der Waals surface area contributed by atoms with Crippen LogP contribution in [-0.4, -0.2) is 55.6 Å². The molecule has 1 saturated heterocycles. The zero-order valence-corrected chi connectivity index (χ0v) is 16.6. The smallest absolute Gasteiger partial charge is 0.251 e. The SMILES string of the molecule is Cc1nc2ccc(N3CCN(Cc4cnc5cc(C)c(=O)[nH]c5c4)CC3)cn2n1. The Morgan fingerprint density at radius 2 is 1.93 bits per heavy atom. The number of anilines is 1. The van der Waals surface area contributed by atoms with Gasteiger partial charge in [-0.05, 0) is 43.7 Å². The zero-order valence-electron chi connectivity index (χ0n) is 16.6. The Kier molecular flexibility index (Phi) is 4.28. The van der Waals surface area contributed by atoms with Gasteiger partial charge in [-0.3, -0.25) is 14.7 Å². The molecule has 148 valence electrons. The van der Waals surface area contributed by atoms with Crippen molar-refractivity contribution < 1.29 is 0 Å². The van der Waals surface area contributed by atoms with Crippen molar-refractivity contribution >= 4 is 22.4 Å². The van der Waals surface area contributed by atoms with Crippen LogP contribution in [0.1, 0.15) is 17.0 Å². The predicted molar refractivity (Wildman–Crippen MR) is 112 cm³/mol. The summed E-state index contributed by atoms with van der Waals surface area (Å²) in [5.41, 5.74) is 5.43. The van der Waals surface area contributed by atoms with Crippen molar-refractivity contribution in [2.24, 2.45) is 0 Å². The monoisotopic (exact) mass is 389 g/mol. The van der Waals surface area contributed by atoms with Crippen molar-refractivity contribution in [1.29, 1.82) is 0 Å². The highest BCUT2D eigenvalue weighted by atomic mass is 16.1. The van der Waals surface area contributed by atoms with E-state index >= 15 is 0 Å². The third-order valence-corrected chi connectivity index (χ3v) is 5.50. The maximum atomic E-state index is 11.9. The van der Waals surface area contributed by atoms with Gasteiger partial charge in [-0.2, -0.15) is 5.10 Å². The molecule has 1 fully saturated rings. The van der Waals surface area contributed by atoms with E-state index in [1.165, 1.54) is 5.69 Å². The number of piperazine rings is 1. The van der Waals surface area contributed by atoms with Crippen molar-refractivity contribution in [2.45, 2.75) is 20.4 Å². The van der Waals surface area contributed by atoms with Gasteiger partial charge in [-0.25, -0.2) is 9.50 Å². The second-order valence-electron chi connectivity index (χ2n) is 7.67. The van der Waals surface area contributed by atoms with E-state index in [0.29, 0.717) is 5.56 Å². The van der Waals surface area contributed by atoms with Gasteiger partial charge < -0.3 is 9.88 Å². The fraction of sp³-hybridized carbons (Fsp3) is 0.333. The molecule has 0 unspecified atom stereocenters. The first-order valence-electron chi connectivity index (χ1n) is 9.84. The lowest BCUT2D eigenvalue weighted by Gasteiger charge is -2.36. The fourth-order valence-corrected chi connectivity index (χ4v) is 3.90. The fourth-order valence-electron chi connectivity index (χ4n) is 3.90. The molecule has 5 heterocycles. The topological polar surface area (TPSA) is 82.4 Å². The van der Waals surface area contributed by atoms with Crippen LogP contribution in [-0.2, 0) is 6.54 Å². The third-order valence-electron chi connectivity index (χ3n) is 5.50. The van der Waals surface area contributed by atoms with Gasteiger partial charge >= 0.3 is 0 Å². The Balaban J connectivity index is 1.27. The van der Waals surface area contributed by atoms with Gasteiger partial charge in [0.2, 0.25) is 0 Å². The summed E-state index contributed by atoms with van der Waals surface area (Å²) in [5, 5.41) is 4.41. The molecule has 4 aromatic heterocycles. The minimum atomic E-state index is -0.0513. The number of hydrogen-bond acceptors (Lipinski definition) is 6. The largest absolute Gasteiger partial charge is 0.368 e. The minimum absolute atomic E-state index is 0.0513. The molecule has 4 aromatic rings. The molecule has 5 rings (SSSR count). The van der Waals surface area contributed by atoms with Crippen LogP contribution in [0, 0.1) is 13.8 Å². The molecule has 0 bridgehead atoms. The highest BCUT2D eigenvalue weighted by Crippen LogP contribution is 2.19. The second kappa shape index (κ2) is 6.97. The molecule has 0 radical (unpaired) electrons. The number of aromatic amines is 1. The molecule has 29 heavy (non-hydrogen) atoms. The summed E-state index contributed by atoms with van der Waals surface area (Å²) in [6, 6.07) is 8.01. The van der Waals surface area contributed by atoms with Crippen molar-refractivity contribution in [3.63, 3.8) is 0 Å². The van der Waals surface area contributed by atoms with E-state index in [4.69, 9.17) is 0 Å². The Morgan fingerprint density at radius 3 is 2.76 bits per heavy atom. The molecule has 1 aliphatic rings. The van der Waals surface area contributed by atoms with Crippen LogP contribution >= 0.6 is 0 Å². The number of aryl methyl sites for hydroxylation is 2. The third kappa shape index (κ3) is 3.47. The summed E-state index contributed by atoms with van der Waals surface area (Å²) in [6.07, 6.45) is 3.96. The highest BCUT2D eigenvalue weighted by molar-refractivity contribution is 5.74. The molecule has 0 saturated carbocycles. The Labute approximate surface area is 167 Å². The number of pyridine rings is 3. The van der Waals surface area contributed by atoms with Crippen LogP contribution < -0.4 is 10.5 Å². The first kappa shape index (κ1) is 17.8. The van der Waals surface area contributed by atoms with Crippen LogP contribution in [0.25, 0.3) is 16.7 Å². The Bertz CT molecular complexity index is 1250. The van der Waals surface area contributed by atoms with Crippen LogP contribution in [0.2, 0.25) is 0 Å². The number of nitrogens with zero attached hydrogens (tertiary/aromatic N) is 6. The predicted octanol–water partition coefficient (Wildman–Crippen LogP) is 1.90. The molecule has 0 aromatic carbocycles. The molecular weight excluding hydrogens is 366 g/mol. The van der Waals surface area contributed by atoms with Gasteiger partial charge in [-0.15, -0.1) is 0 Å². The van der Waals surface area contributed by atoms with E-state index in [1.807, 2.05) is 35.8 Å². The minimum Gasteiger partial charge on any atom is -0.368 e. The molecule has 8 heteroatoms. The van der Waals surface area contributed by atoms with Gasteiger partial charge in [-0.1, -0.05) is 0 Å². The van der Waals surface area contributed by atoms with E-state index in [0.717, 1.165) is 60.8 Å². The van der Waals surface area contributed by atoms with Crippen LogP contribution in [0.5, 0.6) is 0 Å². The number of hydrogen-bond donors (Lipinski definition) is 1. The van der Waals surface area contributed by atoms with E-state index in [2.05, 4.69) is 42.1 Å². The standard InChI is InChI=1S/C21H23N7O/c1-14-9-18-19(24-21(14)29)10-16(11-22-18)12-26-5-7-27(8-6-26)17-3-4-20-23-15(2)25-28(20)13-17/h3-4,9-11,13H,5-8,12H2,1-2H3,(H,24,29). The van der Waals surface area contributed by atoms with Gasteiger partial charge in [0.25, 0.3) is 5.56 Å². The number of aromatic nitrogens is 5. The van der Waals surface area contributed by atoms with Crippen LogP contribution in [0.4, 0.5) is 5.69 Å². The van der Waals surface area contributed by atoms with Crippen molar-refractivity contribution in [1.82, 2.24) is 29.5 Å². The maximum absolute atomic E-state index is 11.9. The molecule has 0 aliphatic carbocycles. The average molecular weight is 389 g/mol. The summed E-state index contributed by atoms with van der Waals surface area (Å²) < 4.78 is 1.85. The summed E-state index contributed by atoms with van der Waals surface area (Å²) >= 11 is 0. The summed E-state index contributed by atoms with van der Waals surface area (Å²) in [7, 11) is 0. The van der Waals surface area contributed by atoms with E-state index < -0.39 is 0 Å². The number of nitrogens with one attached hydrogen (secondary N) is 1. The van der Waals surface area contributed by atoms with Crippen molar-refractivity contribution in [2.75, 3.05) is 31.1 Å². The number of fused-ring (bicyclic) bond motifs is 2. The van der Waals surface area contributed by atoms with Gasteiger partial charge in [0.15, 0.2) is 5.65 Å². The number of rotatable bonds is 3. The van der Waals surface area contributed by atoms with E-state index in [1.54, 1.807) is 6.92 Å². The first-order chi connectivity index (χ1) is 14.0. The Morgan fingerprint density at radius 1 is 1.10 bits per heavy atom. The quantitative estimate of drug-likeness (QED) is 0.576. The molecule has 1 N–H and O–H groups in total. The summed E-state index contributed by atoms with van der Waals surface area (Å²) in [5.74, 6) is 0.785. The lowest BCUT2D eigenvalue weighted by Crippen LogP contribution is -2.46. The highest BCUT2D eigenvalue weighted by Gasteiger charge is 2.18. The second-order valence-corrected chi connectivity index (χ2v) is 7.67. The lowest BCUT2D eigenvalue weighted by atomic mass is 10.2. The first-order valence-corrected chi connectivity index (χ1v) is 9.84. The van der Waals surface area contributed by atoms with Crippen molar-refractivity contribution in [3.05, 3.63) is 64.0 Å². The molecule has 0 atom stereocenters. The molecular formula is C21H23N7O. The van der Waals surface area contributed by atoms with Crippen LogP contribution in [0.3, 0.4) is 0 Å². The number of H-pyrrole nitrogens is 1. The van der Waals surface area contributed by atoms with Crippen molar-refractivity contribution in [3.8, 4) is 0 Å². The average Bonchev–Trinajstić information content (AvgIpc) is 3.09. The molecule has 0 spiro atoms. The Hall–Kier alpha value is -3.26. The summed E-state index contributed by atoms with van der Waals surface area (Å²) in [6.45, 7) is 8.38. The van der Waals surface area contributed by atoms with Crippen LogP contribution in [0.15, 0.2) is 41.5 Å².